The highest BCUT2D eigenvalue weighted by molar-refractivity contribution is 5.87. The maximum atomic E-state index is 13.0. The first-order valence-corrected chi connectivity index (χ1v) is 8.45. The predicted octanol–water partition coefficient (Wildman–Crippen LogP) is 1.38. The van der Waals surface area contributed by atoms with Gasteiger partial charge in [0.2, 0.25) is 11.8 Å². The van der Waals surface area contributed by atoms with Gasteiger partial charge in [0, 0.05) is 32.6 Å². The molecule has 2 rings (SSSR count). The Labute approximate surface area is 128 Å². The van der Waals surface area contributed by atoms with E-state index in [1.807, 2.05) is 16.7 Å². The van der Waals surface area contributed by atoms with E-state index in [1.54, 1.807) is 0 Å². The van der Waals surface area contributed by atoms with Crippen molar-refractivity contribution >= 4 is 11.8 Å². The van der Waals surface area contributed by atoms with Crippen molar-refractivity contribution in [2.45, 2.75) is 57.9 Å². The van der Waals surface area contributed by atoms with E-state index in [9.17, 15) is 9.59 Å². The van der Waals surface area contributed by atoms with E-state index < -0.39 is 0 Å². The van der Waals surface area contributed by atoms with Gasteiger partial charge in [-0.3, -0.25) is 9.59 Å². The van der Waals surface area contributed by atoms with Crippen molar-refractivity contribution in [2.24, 2.45) is 0 Å². The molecule has 21 heavy (non-hydrogen) atoms. The average Bonchev–Trinajstić information content (AvgIpc) is 2.83. The molecule has 2 aliphatic heterocycles. The van der Waals surface area contributed by atoms with Gasteiger partial charge in [0.05, 0.1) is 5.54 Å². The van der Waals surface area contributed by atoms with E-state index >= 15 is 0 Å². The molecule has 5 heteroatoms. The summed E-state index contributed by atoms with van der Waals surface area (Å²) < 4.78 is 0. The molecule has 0 saturated carbocycles. The Hall–Kier alpha value is -1.10. The zero-order valence-corrected chi connectivity index (χ0v) is 13.5. The van der Waals surface area contributed by atoms with Crippen LogP contribution in [0.15, 0.2) is 0 Å². The van der Waals surface area contributed by atoms with Gasteiger partial charge in [0.25, 0.3) is 0 Å². The Bertz CT molecular complexity index is 378. The highest BCUT2D eigenvalue weighted by Crippen LogP contribution is 2.27. The van der Waals surface area contributed by atoms with Crippen LogP contribution in [0.3, 0.4) is 0 Å². The lowest BCUT2D eigenvalue weighted by Gasteiger charge is -2.34. The third-order valence-corrected chi connectivity index (χ3v) is 4.77. The summed E-state index contributed by atoms with van der Waals surface area (Å²) in [6.07, 6.45) is 5.41. The molecule has 5 nitrogen and oxygen atoms in total. The molecule has 120 valence electrons. The quantitative estimate of drug-likeness (QED) is 0.852. The molecule has 0 radical (unpaired) electrons. The number of rotatable bonds is 4. The number of nitrogens with zero attached hydrogens (tertiary/aromatic N) is 2. The van der Waals surface area contributed by atoms with Crippen molar-refractivity contribution in [3.05, 3.63) is 0 Å². The van der Waals surface area contributed by atoms with E-state index in [0.29, 0.717) is 19.5 Å². The van der Waals surface area contributed by atoms with Gasteiger partial charge in [-0.1, -0.05) is 20.3 Å². The largest absolute Gasteiger partial charge is 0.341 e. The Kier molecular flexibility index (Phi) is 5.62. The summed E-state index contributed by atoms with van der Waals surface area (Å²) in [7, 11) is 0. The third kappa shape index (κ3) is 3.57. The van der Waals surface area contributed by atoms with Gasteiger partial charge >= 0.3 is 0 Å². The number of carbonyl (C=O) groups is 2. The minimum absolute atomic E-state index is 0.201. The predicted molar refractivity (Wildman–Crippen MR) is 82.9 cm³/mol. The fraction of sp³-hybridized carbons (Fsp3) is 0.875. The number of nitrogens with one attached hydrogen (secondary N) is 1. The molecule has 2 amide bonds. The van der Waals surface area contributed by atoms with Crippen molar-refractivity contribution in [3.8, 4) is 0 Å². The molecular weight excluding hydrogens is 266 g/mol. The van der Waals surface area contributed by atoms with Gasteiger partial charge in [-0.15, -0.1) is 0 Å². The molecule has 1 atom stereocenters. The van der Waals surface area contributed by atoms with Crippen LogP contribution in [0, 0.1) is 0 Å². The molecule has 2 heterocycles. The summed E-state index contributed by atoms with van der Waals surface area (Å²) in [6, 6.07) is 0. The van der Waals surface area contributed by atoms with Crippen molar-refractivity contribution in [1.29, 1.82) is 0 Å². The zero-order chi connectivity index (χ0) is 15.3. The van der Waals surface area contributed by atoms with Crippen LogP contribution < -0.4 is 5.32 Å². The molecule has 2 aliphatic rings. The molecule has 1 unspecified atom stereocenters. The van der Waals surface area contributed by atoms with E-state index in [0.717, 1.165) is 51.7 Å². The minimum atomic E-state index is -0.335. The number of carbonyl (C=O) groups excluding carboxylic acids is 2. The van der Waals surface area contributed by atoms with E-state index in [1.165, 1.54) is 0 Å². The molecule has 0 aromatic heterocycles. The van der Waals surface area contributed by atoms with Gasteiger partial charge in [-0.05, 0) is 32.2 Å². The number of hydrogen-bond acceptors (Lipinski definition) is 3. The van der Waals surface area contributed by atoms with E-state index in [4.69, 9.17) is 0 Å². The smallest absolute Gasteiger partial charge is 0.242 e. The van der Waals surface area contributed by atoms with Crippen LogP contribution in [0.5, 0.6) is 0 Å². The highest BCUT2D eigenvalue weighted by atomic mass is 16.2. The van der Waals surface area contributed by atoms with E-state index in [-0.39, 0.29) is 17.4 Å². The van der Waals surface area contributed by atoms with Crippen molar-refractivity contribution in [3.63, 3.8) is 0 Å². The number of hydrogen-bond donors (Lipinski definition) is 1. The first kappa shape index (κ1) is 16.3. The normalized spacial score (nSPS) is 26.8. The third-order valence-electron chi connectivity index (χ3n) is 4.77. The van der Waals surface area contributed by atoms with Crippen molar-refractivity contribution in [2.75, 3.05) is 32.7 Å². The second-order valence-electron chi connectivity index (χ2n) is 6.24. The Morgan fingerprint density at radius 2 is 1.76 bits per heavy atom. The maximum absolute atomic E-state index is 13.0. The van der Waals surface area contributed by atoms with Crippen molar-refractivity contribution < 1.29 is 9.59 Å². The molecule has 0 bridgehead atoms. The second-order valence-corrected chi connectivity index (χ2v) is 6.24. The molecule has 0 aromatic carbocycles. The molecule has 0 aliphatic carbocycles. The second kappa shape index (κ2) is 7.25. The summed E-state index contributed by atoms with van der Waals surface area (Å²) in [5, 5.41) is 3.46. The lowest BCUT2D eigenvalue weighted by Crippen LogP contribution is -2.55. The first-order chi connectivity index (χ1) is 10.1. The lowest BCUT2D eigenvalue weighted by molar-refractivity contribution is -0.138. The fourth-order valence-corrected chi connectivity index (χ4v) is 3.63. The molecular formula is C16H29N3O2. The van der Waals surface area contributed by atoms with Crippen LogP contribution in [-0.2, 0) is 9.59 Å². The highest BCUT2D eigenvalue weighted by Gasteiger charge is 2.42. The van der Waals surface area contributed by atoms with Gasteiger partial charge in [0.15, 0.2) is 0 Å². The summed E-state index contributed by atoms with van der Waals surface area (Å²) in [4.78, 5) is 28.7. The summed E-state index contributed by atoms with van der Waals surface area (Å²) in [6.45, 7) is 7.90. The Balaban J connectivity index is 2.00. The minimum Gasteiger partial charge on any atom is -0.341 e. The van der Waals surface area contributed by atoms with Crippen molar-refractivity contribution in [1.82, 2.24) is 15.1 Å². The molecule has 2 saturated heterocycles. The SMILES string of the molecule is CCCC1(C(=O)N2CCCN(C(=O)CC)CC2)CCCN1. The van der Waals surface area contributed by atoms with Crippen LogP contribution >= 0.6 is 0 Å². The number of amides is 2. The standard InChI is InChI=1S/C16H29N3O2/c1-3-7-16(8-5-9-17-16)15(21)19-11-6-10-18(12-13-19)14(20)4-2/h17H,3-13H2,1-2H3. The topological polar surface area (TPSA) is 52.7 Å². The average molecular weight is 295 g/mol. The Morgan fingerprint density at radius 1 is 1.05 bits per heavy atom. The molecule has 1 N–H and O–H groups in total. The Morgan fingerprint density at radius 3 is 2.38 bits per heavy atom. The summed E-state index contributed by atoms with van der Waals surface area (Å²) in [5.41, 5.74) is -0.335. The monoisotopic (exact) mass is 295 g/mol. The van der Waals surface area contributed by atoms with Crippen LogP contribution in [0.25, 0.3) is 0 Å². The van der Waals surface area contributed by atoms with Crippen LogP contribution in [0.4, 0.5) is 0 Å². The first-order valence-electron chi connectivity index (χ1n) is 8.45. The maximum Gasteiger partial charge on any atom is 0.242 e. The lowest BCUT2D eigenvalue weighted by atomic mass is 9.90. The summed E-state index contributed by atoms with van der Waals surface area (Å²) >= 11 is 0. The zero-order valence-electron chi connectivity index (χ0n) is 13.5. The van der Waals surface area contributed by atoms with Gasteiger partial charge < -0.3 is 15.1 Å². The molecule has 2 fully saturated rings. The summed E-state index contributed by atoms with van der Waals surface area (Å²) in [5.74, 6) is 0.458. The van der Waals surface area contributed by atoms with Gasteiger partial charge in [-0.2, -0.15) is 0 Å². The van der Waals surface area contributed by atoms with Crippen LogP contribution in [0.1, 0.15) is 52.4 Å². The van der Waals surface area contributed by atoms with Crippen LogP contribution in [-0.4, -0.2) is 59.9 Å². The van der Waals surface area contributed by atoms with Crippen LogP contribution in [0.2, 0.25) is 0 Å². The molecule has 0 aromatic rings. The fourth-order valence-electron chi connectivity index (χ4n) is 3.63. The van der Waals surface area contributed by atoms with Gasteiger partial charge in [0.1, 0.15) is 0 Å². The molecule has 0 spiro atoms. The van der Waals surface area contributed by atoms with E-state index in [2.05, 4.69) is 12.2 Å². The van der Waals surface area contributed by atoms with Gasteiger partial charge in [-0.25, -0.2) is 0 Å².